The molecule has 5 nitrogen and oxygen atoms in total. The summed E-state index contributed by atoms with van der Waals surface area (Å²) in [6.45, 7) is 5.19. The number of hydrogen-bond acceptors (Lipinski definition) is 3. The summed E-state index contributed by atoms with van der Waals surface area (Å²) < 4.78 is 5.61. The third-order valence-electron chi connectivity index (χ3n) is 4.74. The molecule has 1 N–H and O–H groups in total. The van der Waals surface area contributed by atoms with Crippen molar-refractivity contribution in [1.82, 2.24) is 5.32 Å². The number of fused-ring (bicyclic) bond motifs is 1. The van der Waals surface area contributed by atoms with Crippen molar-refractivity contribution >= 4 is 17.9 Å². The molecule has 1 aliphatic heterocycles. The lowest BCUT2D eigenvalue weighted by Crippen LogP contribution is -2.35. The largest absolute Gasteiger partial charge is 0.494 e. The molecule has 28 heavy (non-hydrogen) atoms. The standard InChI is InChI=1S/C23H26N2O3/c1-3-4-13-28-20-9-7-17(8-10-20)22(26)24-12-11-19-15-18-6-5-16(2)14-21(18)25-23(19)27/h5-10,14-15,19H,3-4,11-13H2,1-2H3,(H,24,26). The van der Waals surface area contributed by atoms with Gasteiger partial charge in [0.25, 0.3) is 11.8 Å². The number of carbonyl (C=O) groups is 2. The minimum atomic E-state index is -0.301. The van der Waals surface area contributed by atoms with E-state index in [4.69, 9.17) is 4.74 Å². The maximum absolute atomic E-state index is 12.3. The van der Waals surface area contributed by atoms with Crippen LogP contribution in [-0.4, -0.2) is 25.0 Å². The number of benzene rings is 2. The van der Waals surface area contributed by atoms with Gasteiger partial charge < -0.3 is 10.1 Å². The van der Waals surface area contributed by atoms with Gasteiger partial charge in [-0.25, -0.2) is 4.99 Å². The molecular weight excluding hydrogens is 352 g/mol. The van der Waals surface area contributed by atoms with Gasteiger partial charge in [-0.05, 0) is 60.9 Å². The molecule has 146 valence electrons. The lowest BCUT2D eigenvalue weighted by Gasteiger charge is -2.13. The third kappa shape index (κ3) is 5.06. The van der Waals surface area contributed by atoms with Gasteiger partial charge in [0.1, 0.15) is 5.75 Å². The van der Waals surface area contributed by atoms with Crippen LogP contribution in [0.2, 0.25) is 0 Å². The average molecular weight is 378 g/mol. The molecule has 1 aliphatic rings. The summed E-state index contributed by atoms with van der Waals surface area (Å²) in [7, 11) is 0. The highest BCUT2D eigenvalue weighted by Crippen LogP contribution is 2.13. The lowest BCUT2D eigenvalue weighted by atomic mass is 9.99. The lowest BCUT2D eigenvalue weighted by molar-refractivity contribution is -0.120. The molecule has 0 fully saturated rings. The van der Waals surface area contributed by atoms with Crippen molar-refractivity contribution in [2.45, 2.75) is 33.1 Å². The Hall–Kier alpha value is -2.95. The summed E-state index contributed by atoms with van der Waals surface area (Å²) in [6.07, 6.45) is 4.56. The van der Waals surface area contributed by atoms with Gasteiger partial charge in [0.05, 0.1) is 17.9 Å². The maximum atomic E-state index is 12.3. The zero-order chi connectivity index (χ0) is 19.9. The number of unbranched alkanes of at least 4 members (excludes halogenated alkanes) is 1. The van der Waals surface area contributed by atoms with Crippen molar-refractivity contribution in [1.29, 1.82) is 0 Å². The smallest absolute Gasteiger partial charge is 0.253 e. The highest BCUT2D eigenvalue weighted by molar-refractivity contribution is 5.94. The second-order valence-corrected chi connectivity index (χ2v) is 7.06. The highest BCUT2D eigenvalue weighted by atomic mass is 16.5. The number of hydrogen-bond donors (Lipinski definition) is 1. The van der Waals surface area contributed by atoms with Crippen LogP contribution in [0.25, 0.3) is 6.08 Å². The molecule has 0 saturated carbocycles. The molecule has 0 bridgehead atoms. The van der Waals surface area contributed by atoms with Gasteiger partial charge in [-0.2, -0.15) is 0 Å². The molecule has 0 radical (unpaired) electrons. The number of nitrogens with zero attached hydrogens (tertiary/aromatic N) is 1. The first-order chi connectivity index (χ1) is 13.6. The van der Waals surface area contributed by atoms with Crippen LogP contribution in [0.5, 0.6) is 5.75 Å². The van der Waals surface area contributed by atoms with E-state index in [2.05, 4.69) is 17.2 Å². The zero-order valence-electron chi connectivity index (χ0n) is 16.4. The first-order valence-corrected chi connectivity index (χ1v) is 9.79. The first-order valence-electron chi connectivity index (χ1n) is 9.79. The Bertz CT molecular complexity index is 964. The fraction of sp³-hybridized carbons (Fsp3) is 0.348. The Balaban J connectivity index is 1.52. The average Bonchev–Trinajstić information content (AvgIpc) is 2.69. The molecule has 3 rings (SSSR count). The number of carbonyl (C=O) groups excluding carboxylic acids is 2. The zero-order valence-corrected chi connectivity index (χ0v) is 16.4. The quantitative estimate of drug-likeness (QED) is 0.718. The monoisotopic (exact) mass is 378 g/mol. The van der Waals surface area contributed by atoms with E-state index >= 15 is 0 Å². The maximum Gasteiger partial charge on any atom is 0.253 e. The predicted octanol–water partition coefficient (Wildman–Crippen LogP) is 2.55. The van der Waals surface area contributed by atoms with E-state index in [1.807, 2.05) is 31.2 Å². The van der Waals surface area contributed by atoms with Gasteiger partial charge in [-0.1, -0.05) is 31.6 Å². The van der Waals surface area contributed by atoms with Crippen molar-refractivity contribution in [3.8, 4) is 5.75 Å². The summed E-state index contributed by atoms with van der Waals surface area (Å²) in [5, 5.41) is 4.58. The molecule has 2 aromatic carbocycles. The van der Waals surface area contributed by atoms with Crippen LogP contribution in [0, 0.1) is 12.8 Å². The number of ether oxygens (including phenoxy) is 1. The third-order valence-corrected chi connectivity index (χ3v) is 4.74. The fourth-order valence-electron chi connectivity index (χ4n) is 3.07. The van der Waals surface area contributed by atoms with Crippen LogP contribution in [0.3, 0.4) is 0 Å². The van der Waals surface area contributed by atoms with E-state index in [1.165, 1.54) is 0 Å². The molecule has 0 spiro atoms. The van der Waals surface area contributed by atoms with Crippen molar-refractivity contribution in [2.75, 3.05) is 13.2 Å². The summed E-state index contributed by atoms with van der Waals surface area (Å²) in [6, 6.07) is 13.0. The number of aryl methyl sites for hydroxylation is 1. The van der Waals surface area contributed by atoms with Crippen LogP contribution in [0.15, 0.2) is 47.5 Å². The summed E-state index contributed by atoms with van der Waals surface area (Å²) in [5.74, 6) is 0.157. The van der Waals surface area contributed by atoms with E-state index in [0.29, 0.717) is 25.1 Å². The van der Waals surface area contributed by atoms with Crippen LogP contribution < -0.4 is 20.6 Å². The van der Waals surface area contributed by atoms with Crippen LogP contribution >= 0.6 is 0 Å². The van der Waals surface area contributed by atoms with Gasteiger partial charge in [0.15, 0.2) is 0 Å². The number of rotatable bonds is 8. The van der Waals surface area contributed by atoms with Gasteiger partial charge >= 0.3 is 0 Å². The molecule has 1 unspecified atom stereocenters. The topological polar surface area (TPSA) is 67.8 Å². The molecule has 1 heterocycles. The molecule has 1 atom stereocenters. The molecule has 2 aromatic rings. The number of amides is 2. The van der Waals surface area contributed by atoms with E-state index in [9.17, 15) is 9.59 Å². The van der Waals surface area contributed by atoms with E-state index in [1.54, 1.807) is 24.3 Å². The SMILES string of the molecule is CCCCOc1ccc(C(=O)NCCC2C=c3ccc(C)cc3=NC2=O)cc1. The Morgan fingerprint density at radius 2 is 1.96 bits per heavy atom. The second-order valence-electron chi connectivity index (χ2n) is 7.06. The van der Waals surface area contributed by atoms with Gasteiger partial charge in [-0.3, -0.25) is 9.59 Å². The summed E-state index contributed by atoms with van der Waals surface area (Å²) in [4.78, 5) is 28.7. The molecular formula is C23H26N2O3. The minimum absolute atomic E-state index is 0.152. The summed E-state index contributed by atoms with van der Waals surface area (Å²) >= 11 is 0. The van der Waals surface area contributed by atoms with Crippen molar-refractivity contribution in [3.63, 3.8) is 0 Å². The Labute approximate surface area is 165 Å². The van der Waals surface area contributed by atoms with Gasteiger partial charge in [-0.15, -0.1) is 0 Å². The van der Waals surface area contributed by atoms with Crippen molar-refractivity contribution in [2.24, 2.45) is 10.9 Å². The van der Waals surface area contributed by atoms with Gasteiger partial charge in [0.2, 0.25) is 0 Å². The molecule has 0 aliphatic carbocycles. The number of nitrogens with one attached hydrogen (secondary N) is 1. The second kappa shape index (κ2) is 9.31. The summed E-state index contributed by atoms with van der Waals surface area (Å²) in [5.41, 5.74) is 1.66. The van der Waals surface area contributed by atoms with Crippen LogP contribution in [0.1, 0.15) is 42.1 Å². The van der Waals surface area contributed by atoms with Crippen molar-refractivity contribution < 1.29 is 14.3 Å². The molecule has 2 amide bonds. The minimum Gasteiger partial charge on any atom is -0.494 e. The van der Waals surface area contributed by atoms with E-state index in [0.717, 1.165) is 34.7 Å². The van der Waals surface area contributed by atoms with Crippen molar-refractivity contribution in [3.05, 3.63) is 64.2 Å². The molecule has 5 heteroatoms. The Kier molecular flexibility index (Phi) is 6.58. The fourth-order valence-corrected chi connectivity index (χ4v) is 3.07. The molecule has 0 saturated heterocycles. The Morgan fingerprint density at radius 1 is 1.18 bits per heavy atom. The first kappa shape index (κ1) is 19.8. The van der Waals surface area contributed by atoms with Crippen LogP contribution in [0.4, 0.5) is 0 Å². The highest BCUT2D eigenvalue weighted by Gasteiger charge is 2.18. The van der Waals surface area contributed by atoms with Crippen LogP contribution in [-0.2, 0) is 4.79 Å². The predicted molar refractivity (Wildman–Crippen MR) is 109 cm³/mol. The normalized spacial score (nSPS) is 15.2. The Morgan fingerprint density at radius 3 is 2.71 bits per heavy atom. The molecule has 0 aromatic heterocycles. The van der Waals surface area contributed by atoms with Gasteiger partial charge in [0, 0.05) is 12.1 Å². The van der Waals surface area contributed by atoms with E-state index in [-0.39, 0.29) is 17.7 Å². The van der Waals surface area contributed by atoms with E-state index < -0.39 is 0 Å².